The van der Waals surface area contributed by atoms with E-state index in [0.717, 1.165) is 0 Å². The number of hydrogen-bond acceptors (Lipinski definition) is 5. The number of nitrogens with zero attached hydrogens (tertiary/aromatic N) is 2. The zero-order valence-electron chi connectivity index (χ0n) is 11.1. The zero-order valence-corrected chi connectivity index (χ0v) is 11.9. The molecule has 0 fully saturated rings. The Labute approximate surface area is 117 Å². The molecular weight excluding hydrogens is 282 g/mol. The molecule has 1 atom stereocenters. The Morgan fingerprint density at radius 1 is 1.40 bits per heavy atom. The van der Waals surface area contributed by atoms with Crippen LogP contribution in [-0.2, 0) is 15.8 Å². The first kappa shape index (κ1) is 16.1. The molecule has 1 unspecified atom stereocenters. The molecule has 1 aromatic rings. The van der Waals surface area contributed by atoms with Gasteiger partial charge in [-0.25, -0.2) is 8.42 Å². The monoisotopic (exact) mass is 297 g/mol. The highest BCUT2D eigenvalue weighted by atomic mass is 32.2. The topological polar surface area (TPSA) is 113 Å². The first-order valence-corrected chi connectivity index (χ1v) is 7.54. The molecule has 7 nitrogen and oxygen atoms in total. The smallest absolute Gasteiger partial charge is 0.258 e. The van der Waals surface area contributed by atoms with E-state index in [1.54, 1.807) is 13.8 Å². The van der Waals surface area contributed by atoms with E-state index in [2.05, 4.69) is 4.72 Å². The predicted molar refractivity (Wildman–Crippen MR) is 73.1 cm³/mol. The molecule has 20 heavy (non-hydrogen) atoms. The van der Waals surface area contributed by atoms with Crippen molar-refractivity contribution in [1.29, 1.82) is 5.26 Å². The summed E-state index contributed by atoms with van der Waals surface area (Å²) in [6, 6.07) is 6.62. The normalized spacial score (nSPS) is 12.9. The molecule has 0 saturated heterocycles. The van der Waals surface area contributed by atoms with E-state index in [-0.39, 0.29) is 17.2 Å². The van der Waals surface area contributed by atoms with Crippen molar-refractivity contribution in [2.75, 3.05) is 0 Å². The maximum Gasteiger partial charge on any atom is 0.273 e. The number of nitrogens with one attached hydrogen (secondary N) is 1. The van der Waals surface area contributed by atoms with Crippen LogP contribution < -0.4 is 4.72 Å². The van der Waals surface area contributed by atoms with Gasteiger partial charge in [0.1, 0.15) is 6.04 Å². The van der Waals surface area contributed by atoms with Crippen LogP contribution in [0.3, 0.4) is 0 Å². The van der Waals surface area contributed by atoms with Crippen LogP contribution in [0.2, 0.25) is 0 Å². The van der Waals surface area contributed by atoms with Gasteiger partial charge >= 0.3 is 0 Å². The van der Waals surface area contributed by atoms with Gasteiger partial charge < -0.3 is 0 Å². The number of benzene rings is 1. The fraction of sp³-hybridized carbons (Fsp3) is 0.417. The Bertz CT molecular complexity index is 634. The van der Waals surface area contributed by atoms with Crippen molar-refractivity contribution in [3.63, 3.8) is 0 Å². The average molecular weight is 297 g/mol. The van der Waals surface area contributed by atoms with Crippen molar-refractivity contribution in [2.24, 2.45) is 5.92 Å². The van der Waals surface area contributed by atoms with Crippen molar-refractivity contribution in [2.45, 2.75) is 25.6 Å². The second kappa shape index (κ2) is 6.45. The van der Waals surface area contributed by atoms with Crippen LogP contribution in [0.5, 0.6) is 0 Å². The summed E-state index contributed by atoms with van der Waals surface area (Å²) in [6.45, 7) is 3.42. The number of hydrogen-bond donors (Lipinski definition) is 1. The Hall–Kier alpha value is -1.98. The summed E-state index contributed by atoms with van der Waals surface area (Å²) in [7, 11) is -3.82. The molecule has 0 aliphatic heterocycles. The van der Waals surface area contributed by atoms with Crippen LogP contribution in [0.25, 0.3) is 0 Å². The molecule has 1 N–H and O–H groups in total. The first-order valence-electron chi connectivity index (χ1n) is 5.88. The Kier molecular flexibility index (Phi) is 5.19. The molecule has 0 aliphatic carbocycles. The van der Waals surface area contributed by atoms with Gasteiger partial charge in [-0.1, -0.05) is 32.0 Å². The Morgan fingerprint density at radius 2 is 2.00 bits per heavy atom. The van der Waals surface area contributed by atoms with Crippen molar-refractivity contribution < 1.29 is 13.3 Å². The minimum Gasteiger partial charge on any atom is -0.258 e. The lowest BCUT2D eigenvalue weighted by molar-refractivity contribution is -0.385. The molecule has 1 aromatic carbocycles. The summed E-state index contributed by atoms with van der Waals surface area (Å²) < 4.78 is 26.2. The molecule has 0 bridgehead atoms. The molecule has 0 aromatic heterocycles. The minimum absolute atomic E-state index is 0.0884. The quantitative estimate of drug-likeness (QED) is 0.632. The highest BCUT2D eigenvalue weighted by Gasteiger charge is 2.24. The second-order valence-electron chi connectivity index (χ2n) is 4.61. The van der Waals surface area contributed by atoms with E-state index in [1.165, 1.54) is 24.3 Å². The highest BCUT2D eigenvalue weighted by molar-refractivity contribution is 7.88. The summed E-state index contributed by atoms with van der Waals surface area (Å²) in [5.41, 5.74) is -0.165. The number of sulfonamides is 1. The van der Waals surface area contributed by atoms with Crippen molar-refractivity contribution in [1.82, 2.24) is 4.72 Å². The fourth-order valence-electron chi connectivity index (χ4n) is 1.56. The summed E-state index contributed by atoms with van der Waals surface area (Å²) >= 11 is 0. The molecule has 1 rings (SSSR count). The molecule has 108 valence electrons. The van der Waals surface area contributed by atoms with Crippen LogP contribution in [0.15, 0.2) is 24.3 Å². The van der Waals surface area contributed by atoms with Crippen molar-refractivity contribution >= 4 is 15.7 Å². The van der Waals surface area contributed by atoms with Gasteiger partial charge in [0, 0.05) is 11.6 Å². The van der Waals surface area contributed by atoms with Crippen molar-refractivity contribution in [3.8, 4) is 6.07 Å². The van der Waals surface area contributed by atoms with E-state index in [0.29, 0.717) is 0 Å². The first-order chi connectivity index (χ1) is 9.26. The number of rotatable bonds is 6. The van der Waals surface area contributed by atoms with Gasteiger partial charge in [0.05, 0.1) is 16.7 Å². The molecule has 0 saturated carbocycles. The lowest BCUT2D eigenvalue weighted by Gasteiger charge is -2.15. The Balaban J connectivity index is 2.98. The van der Waals surface area contributed by atoms with E-state index in [4.69, 9.17) is 5.26 Å². The van der Waals surface area contributed by atoms with E-state index >= 15 is 0 Å². The van der Waals surface area contributed by atoms with Gasteiger partial charge in [0.15, 0.2) is 0 Å². The second-order valence-corrected chi connectivity index (χ2v) is 6.37. The summed E-state index contributed by atoms with van der Waals surface area (Å²) in [5, 5.41) is 19.7. The molecule has 8 heteroatoms. The lowest BCUT2D eigenvalue weighted by Crippen LogP contribution is -2.38. The van der Waals surface area contributed by atoms with Crippen LogP contribution in [-0.4, -0.2) is 19.4 Å². The van der Waals surface area contributed by atoms with Crippen LogP contribution in [0.1, 0.15) is 19.4 Å². The van der Waals surface area contributed by atoms with Gasteiger partial charge in [-0.05, 0) is 5.92 Å². The van der Waals surface area contributed by atoms with E-state index in [9.17, 15) is 18.5 Å². The molecular formula is C12H15N3O4S. The fourth-order valence-corrected chi connectivity index (χ4v) is 3.01. The summed E-state index contributed by atoms with van der Waals surface area (Å²) in [4.78, 5) is 10.2. The minimum atomic E-state index is -3.82. The average Bonchev–Trinajstić information content (AvgIpc) is 2.35. The molecule has 0 amide bonds. The number of nitriles is 1. The van der Waals surface area contributed by atoms with Crippen LogP contribution in [0, 0.1) is 27.4 Å². The molecule has 0 radical (unpaired) electrons. The SMILES string of the molecule is CC(C)C(C#N)NS(=O)(=O)Cc1ccccc1[N+](=O)[O-]. The van der Waals surface area contributed by atoms with E-state index in [1.807, 2.05) is 6.07 Å². The largest absolute Gasteiger partial charge is 0.273 e. The van der Waals surface area contributed by atoms with Gasteiger partial charge in [-0.15, -0.1) is 0 Å². The van der Waals surface area contributed by atoms with Gasteiger partial charge in [0.25, 0.3) is 5.69 Å². The standard InChI is InChI=1S/C12H15N3O4S/c1-9(2)11(7-13)14-20(18,19)8-10-5-3-4-6-12(10)15(16)17/h3-6,9,11,14H,8H2,1-2H3. The Morgan fingerprint density at radius 3 is 2.50 bits per heavy atom. The maximum absolute atomic E-state index is 12.0. The maximum atomic E-state index is 12.0. The van der Waals surface area contributed by atoms with Crippen LogP contribution >= 0.6 is 0 Å². The predicted octanol–water partition coefficient (Wildman–Crippen LogP) is 1.56. The van der Waals surface area contributed by atoms with Gasteiger partial charge in [0.2, 0.25) is 10.0 Å². The van der Waals surface area contributed by atoms with Gasteiger partial charge in [-0.3, -0.25) is 10.1 Å². The van der Waals surface area contributed by atoms with Crippen molar-refractivity contribution in [3.05, 3.63) is 39.9 Å². The third-order valence-corrected chi connectivity index (χ3v) is 3.95. The van der Waals surface area contributed by atoms with E-state index < -0.39 is 26.7 Å². The third kappa shape index (κ3) is 4.29. The molecule has 0 heterocycles. The lowest BCUT2D eigenvalue weighted by atomic mass is 10.1. The molecule has 0 spiro atoms. The molecule has 0 aliphatic rings. The number of nitro groups is 1. The van der Waals surface area contributed by atoms with Crippen LogP contribution in [0.4, 0.5) is 5.69 Å². The number of nitro benzene ring substituents is 1. The summed E-state index contributed by atoms with van der Waals surface area (Å²) in [5.74, 6) is -0.727. The number of para-hydroxylation sites is 1. The zero-order chi connectivity index (χ0) is 15.3. The van der Waals surface area contributed by atoms with Gasteiger partial charge in [-0.2, -0.15) is 9.98 Å². The third-order valence-electron chi connectivity index (χ3n) is 2.65. The summed E-state index contributed by atoms with van der Waals surface area (Å²) in [6.07, 6.45) is 0. The highest BCUT2D eigenvalue weighted by Crippen LogP contribution is 2.20.